The molecule has 1 atom stereocenters. The average molecular weight is 253 g/mol. The topological polar surface area (TPSA) is 67.0 Å². The SMILES string of the molecule is CCOC(C)C(=O)NCc1cc(C(C)(C)C)n[nH]1. The molecule has 1 heterocycles. The fraction of sp³-hybridized carbons (Fsp3) is 0.692. The first-order chi connectivity index (χ1) is 8.34. The number of aromatic amines is 1. The van der Waals surface area contributed by atoms with Crippen LogP contribution in [0.25, 0.3) is 0 Å². The van der Waals surface area contributed by atoms with E-state index in [2.05, 4.69) is 36.3 Å². The molecule has 0 aliphatic carbocycles. The monoisotopic (exact) mass is 253 g/mol. The smallest absolute Gasteiger partial charge is 0.249 e. The molecule has 0 spiro atoms. The van der Waals surface area contributed by atoms with Crippen molar-refractivity contribution >= 4 is 5.91 Å². The van der Waals surface area contributed by atoms with E-state index in [1.54, 1.807) is 6.92 Å². The minimum atomic E-state index is -0.417. The molecule has 0 radical (unpaired) electrons. The van der Waals surface area contributed by atoms with Gasteiger partial charge in [0.05, 0.1) is 17.9 Å². The van der Waals surface area contributed by atoms with Gasteiger partial charge in [0.1, 0.15) is 6.10 Å². The predicted molar refractivity (Wildman–Crippen MR) is 70.2 cm³/mol. The second-order valence-corrected chi connectivity index (χ2v) is 5.34. The van der Waals surface area contributed by atoms with Crippen molar-refractivity contribution in [3.05, 3.63) is 17.5 Å². The summed E-state index contributed by atoms with van der Waals surface area (Å²) in [5.41, 5.74) is 1.90. The average Bonchev–Trinajstić information content (AvgIpc) is 2.74. The van der Waals surface area contributed by atoms with E-state index in [4.69, 9.17) is 4.74 Å². The highest BCUT2D eigenvalue weighted by Crippen LogP contribution is 2.20. The molecule has 5 heteroatoms. The van der Waals surface area contributed by atoms with Gasteiger partial charge in [-0.1, -0.05) is 20.8 Å². The van der Waals surface area contributed by atoms with Gasteiger partial charge < -0.3 is 10.1 Å². The predicted octanol–water partition coefficient (Wildman–Crippen LogP) is 1.75. The maximum atomic E-state index is 11.6. The first kappa shape index (κ1) is 14.7. The lowest BCUT2D eigenvalue weighted by molar-refractivity contribution is -0.131. The molecule has 0 saturated heterocycles. The molecule has 0 saturated carbocycles. The summed E-state index contributed by atoms with van der Waals surface area (Å²) in [4.78, 5) is 11.6. The van der Waals surface area contributed by atoms with Gasteiger partial charge in [0, 0.05) is 12.0 Å². The van der Waals surface area contributed by atoms with Crippen molar-refractivity contribution in [2.24, 2.45) is 0 Å². The molecule has 1 rings (SSSR count). The van der Waals surface area contributed by atoms with Crippen molar-refractivity contribution in [3.8, 4) is 0 Å². The summed E-state index contributed by atoms with van der Waals surface area (Å²) in [6, 6.07) is 1.98. The number of nitrogens with one attached hydrogen (secondary N) is 2. The largest absolute Gasteiger partial charge is 0.369 e. The van der Waals surface area contributed by atoms with Crippen LogP contribution in [0.3, 0.4) is 0 Å². The van der Waals surface area contributed by atoms with E-state index in [0.29, 0.717) is 13.2 Å². The molecule has 0 bridgehead atoms. The Balaban J connectivity index is 2.49. The Morgan fingerprint density at radius 1 is 1.56 bits per heavy atom. The fourth-order valence-corrected chi connectivity index (χ4v) is 1.49. The molecule has 0 aliphatic heterocycles. The van der Waals surface area contributed by atoms with E-state index >= 15 is 0 Å². The standard InChI is InChI=1S/C13H23N3O2/c1-6-18-9(2)12(17)14-8-10-7-11(16-15-10)13(3,4)5/h7,9H,6,8H2,1-5H3,(H,14,17)(H,15,16). The molecule has 1 amide bonds. The Kier molecular flexibility index (Phi) is 4.90. The molecular formula is C13H23N3O2. The molecule has 0 aliphatic rings. The van der Waals surface area contributed by atoms with Gasteiger partial charge >= 0.3 is 0 Å². The van der Waals surface area contributed by atoms with Crippen LogP contribution in [0.1, 0.15) is 46.0 Å². The lowest BCUT2D eigenvalue weighted by Crippen LogP contribution is -2.34. The number of aromatic nitrogens is 2. The molecule has 2 N–H and O–H groups in total. The number of nitrogens with zero attached hydrogens (tertiary/aromatic N) is 1. The maximum Gasteiger partial charge on any atom is 0.249 e. The van der Waals surface area contributed by atoms with Crippen LogP contribution >= 0.6 is 0 Å². The van der Waals surface area contributed by atoms with E-state index in [0.717, 1.165) is 11.4 Å². The molecule has 1 aromatic heterocycles. The van der Waals surface area contributed by atoms with Crippen LogP contribution in [-0.2, 0) is 21.5 Å². The van der Waals surface area contributed by atoms with Crippen LogP contribution in [0.15, 0.2) is 6.07 Å². The van der Waals surface area contributed by atoms with Crippen molar-refractivity contribution in [1.82, 2.24) is 15.5 Å². The Morgan fingerprint density at radius 2 is 2.22 bits per heavy atom. The third-order valence-electron chi connectivity index (χ3n) is 2.64. The van der Waals surface area contributed by atoms with E-state index < -0.39 is 6.10 Å². The van der Waals surface area contributed by atoms with Gasteiger partial charge in [-0.05, 0) is 19.9 Å². The number of carbonyl (C=O) groups excluding carboxylic acids is 1. The summed E-state index contributed by atoms with van der Waals surface area (Å²) < 4.78 is 5.21. The van der Waals surface area contributed by atoms with E-state index in [1.165, 1.54) is 0 Å². The normalized spacial score (nSPS) is 13.4. The van der Waals surface area contributed by atoms with Gasteiger partial charge in [-0.3, -0.25) is 9.89 Å². The van der Waals surface area contributed by atoms with Crippen molar-refractivity contribution < 1.29 is 9.53 Å². The maximum absolute atomic E-state index is 11.6. The number of hydrogen-bond donors (Lipinski definition) is 2. The molecule has 18 heavy (non-hydrogen) atoms. The summed E-state index contributed by atoms with van der Waals surface area (Å²) in [7, 11) is 0. The van der Waals surface area contributed by atoms with Gasteiger partial charge in [0.15, 0.2) is 0 Å². The van der Waals surface area contributed by atoms with Crippen LogP contribution in [0, 0.1) is 0 Å². The first-order valence-electron chi connectivity index (χ1n) is 6.28. The third kappa shape index (κ3) is 4.14. The van der Waals surface area contributed by atoms with E-state index in [9.17, 15) is 4.79 Å². The quantitative estimate of drug-likeness (QED) is 0.840. The van der Waals surface area contributed by atoms with Gasteiger partial charge in [-0.2, -0.15) is 5.10 Å². The Morgan fingerprint density at radius 3 is 2.72 bits per heavy atom. The highest BCUT2D eigenvalue weighted by atomic mass is 16.5. The summed E-state index contributed by atoms with van der Waals surface area (Å²) in [6.45, 7) is 10.9. The van der Waals surface area contributed by atoms with Gasteiger partial charge in [-0.15, -0.1) is 0 Å². The zero-order valence-corrected chi connectivity index (χ0v) is 11.8. The Bertz CT molecular complexity index is 393. The van der Waals surface area contributed by atoms with Gasteiger partial charge in [0.2, 0.25) is 5.91 Å². The summed E-state index contributed by atoms with van der Waals surface area (Å²) >= 11 is 0. The van der Waals surface area contributed by atoms with E-state index in [-0.39, 0.29) is 11.3 Å². The fourth-order valence-electron chi connectivity index (χ4n) is 1.49. The molecule has 0 aromatic carbocycles. The van der Waals surface area contributed by atoms with Crippen molar-refractivity contribution in [2.45, 2.75) is 52.7 Å². The van der Waals surface area contributed by atoms with Crippen molar-refractivity contribution in [3.63, 3.8) is 0 Å². The summed E-state index contributed by atoms with van der Waals surface area (Å²) in [5.74, 6) is -0.108. The van der Waals surface area contributed by atoms with Gasteiger partial charge in [0.25, 0.3) is 0 Å². The molecule has 0 fully saturated rings. The second kappa shape index (κ2) is 6.00. The lowest BCUT2D eigenvalue weighted by Gasteiger charge is -2.13. The highest BCUT2D eigenvalue weighted by molar-refractivity contribution is 5.80. The van der Waals surface area contributed by atoms with Crippen LogP contribution in [0.2, 0.25) is 0 Å². The zero-order valence-electron chi connectivity index (χ0n) is 11.8. The lowest BCUT2D eigenvalue weighted by atomic mass is 9.92. The number of rotatable bonds is 5. The number of carbonyl (C=O) groups is 1. The number of hydrogen-bond acceptors (Lipinski definition) is 3. The third-order valence-corrected chi connectivity index (χ3v) is 2.64. The molecule has 1 unspecified atom stereocenters. The summed E-state index contributed by atoms with van der Waals surface area (Å²) in [5, 5.41) is 9.99. The Labute approximate surface area is 108 Å². The zero-order chi connectivity index (χ0) is 13.8. The molecule has 1 aromatic rings. The Hall–Kier alpha value is -1.36. The van der Waals surface area contributed by atoms with Crippen LogP contribution in [0.5, 0.6) is 0 Å². The van der Waals surface area contributed by atoms with Crippen LogP contribution < -0.4 is 5.32 Å². The number of ether oxygens (including phenoxy) is 1. The molecule has 102 valence electrons. The minimum absolute atomic E-state index is 0.0113. The van der Waals surface area contributed by atoms with Gasteiger partial charge in [-0.25, -0.2) is 0 Å². The molecule has 5 nitrogen and oxygen atoms in total. The van der Waals surface area contributed by atoms with Crippen molar-refractivity contribution in [1.29, 1.82) is 0 Å². The van der Waals surface area contributed by atoms with Crippen molar-refractivity contribution in [2.75, 3.05) is 6.61 Å². The number of amides is 1. The molecular weight excluding hydrogens is 230 g/mol. The second-order valence-electron chi connectivity index (χ2n) is 5.34. The highest BCUT2D eigenvalue weighted by Gasteiger charge is 2.18. The van der Waals surface area contributed by atoms with Crippen LogP contribution in [-0.4, -0.2) is 28.8 Å². The van der Waals surface area contributed by atoms with Crippen LogP contribution in [0.4, 0.5) is 0 Å². The summed E-state index contributed by atoms with van der Waals surface area (Å²) in [6.07, 6.45) is -0.417. The minimum Gasteiger partial charge on any atom is -0.369 e. The van der Waals surface area contributed by atoms with E-state index in [1.807, 2.05) is 13.0 Å². The first-order valence-corrected chi connectivity index (χ1v) is 6.28. The number of H-pyrrole nitrogens is 1.